The molecule has 218 valence electrons. The van der Waals surface area contributed by atoms with Crippen LogP contribution in [0, 0.1) is 16.7 Å². The molecule has 42 heavy (non-hydrogen) atoms. The SMILES string of the molecule is CCOc1ccc(CC2(C(=O)c3ccc(C(=O)NC4CCN(Cc5ccc(C#N)cc5)CC4)cc3)CCNCC2)cc1. The minimum Gasteiger partial charge on any atom is -0.494 e. The van der Waals surface area contributed by atoms with Crippen molar-refractivity contribution in [1.29, 1.82) is 5.26 Å². The third-order valence-corrected chi connectivity index (χ3v) is 8.64. The maximum Gasteiger partial charge on any atom is 0.251 e. The Balaban J connectivity index is 1.16. The average Bonchev–Trinajstić information content (AvgIpc) is 3.03. The number of amides is 1. The van der Waals surface area contributed by atoms with Crippen LogP contribution in [-0.2, 0) is 13.0 Å². The van der Waals surface area contributed by atoms with Crippen molar-refractivity contribution >= 4 is 11.7 Å². The lowest BCUT2D eigenvalue weighted by Gasteiger charge is -2.36. The molecule has 3 aromatic rings. The fraction of sp³-hybridized carbons (Fsp3) is 0.400. The number of rotatable bonds is 10. The minimum absolute atomic E-state index is 0.0921. The molecule has 2 aliphatic heterocycles. The first kappa shape index (κ1) is 29.5. The summed E-state index contributed by atoms with van der Waals surface area (Å²) in [7, 11) is 0. The summed E-state index contributed by atoms with van der Waals surface area (Å²) in [6.45, 7) is 6.88. The van der Waals surface area contributed by atoms with Gasteiger partial charge in [-0.1, -0.05) is 36.4 Å². The molecule has 0 radical (unpaired) electrons. The van der Waals surface area contributed by atoms with E-state index < -0.39 is 5.41 Å². The van der Waals surface area contributed by atoms with Gasteiger partial charge in [0.05, 0.1) is 18.2 Å². The summed E-state index contributed by atoms with van der Waals surface area (Å²) in [6.07, 6.45) is 4.03. The monoisotopic (exact) mass is 564 g/mol. The number of nitriles is 1. The van der Waals surface area contributed by atoms with E-state index in [2.05, 4.69) is 33.7 Å². The summed E-state index contributed by atoms with van der Waals surface area (Å²) < 4.78 is 5.58. The van der Waals surface area contributed by atoms with Gasteiger partial charge in [0.1, 0.15) is 5.75 Å². The Bertz CT molecular complexity index is 1380. The number of benzene rings is 3. The molecule has 2 heterocycles. The molecule has 0 spiro atoms. The fourth-order valence-corrected chi connectivity index (χ4v) is 6.18. The van der Waals surface area contributed by atoms with Crippen LogP contribution in [0.2, 0.25) is 0 Å². The molecule has 0 atom stereocenters. The highest BCUT2D eigenvalue weighted by Gasteiger charge is 2.40. The van der Waals surface area contributed by atoms with Crippen LogP contribution in [0.5, 0.6) is 5.75 Å². The Kier molecular flexibility index (Phi) is 9.68. The first-order valence-corrected chi connectivity index (χ1v) is 15.1. The molecule has 2 aliphatic rings. The number of hydrogen-bond acceptors (Lipinski definition) is 6. The number of ketones is 1. The summed E-state index contributed by atoms with van der Waals surface area (Å²) in [5.74, 6) is 0.902. The van der Waals surface area contributed by atoms with E-state index in [1.807, 2.05) is 55.5 Å². The van der Waals surface area contributed by atoms with Crippen molar-refractivity contribution in [1.82, 2.24) is 15.5 Å². The van der Waals surface area contributed by atoms with Gasteiger partial charge in [-0.15, -0.1) is 0 Å². The van der Waals surface area contributed by atoms with Gasteiger partial charge in [0.15, 0.2) is 5.78 Å². The topological polar surface area (TPSA) is 94.5 Å². The van der Waals surface area contributed by atoms with Gasteiger partial charge in [0.2, 0.25) is 0 Å². The van der Waals surface area contributed by atoms with Crippen LogP contribution in [0.3, 0.4) is 0 Å². The van der Waals surface area contributed by atoms with Crippen LogP contribution >= 0.6 is 0 Å². The highest BCUT2D eigenvalue weighted by Crippen LogP contribution is 2.37. The second kappa shape index (κ2) is 13.8. The van der Waals surface area contributed by atoms with Gasteiger partial charge < -0.3 is 15.4 Å². The van der Waals surface area contributed by atoms with Crippen LogP contribution in [0.4, 0.5) is 0 Å². The molecule has 2 saturated heterocycles. The molecule has 7 heteroatoms. The van der Waals surface area contributed by atoms with E-state index in [1.54, 1.807) is 12.1 Å². The van der Waals surface area contributed by atoms with Crippen LogP contribution in [0.15, 0.2) is 72.8 Å². The molecule has 1 amide bonds. The first-order valence-electron chi connectivity index (χ1n) is 15.1. The third kappa shape index (κ3) is 7.25. The Morgan fingerprint density at radius 2 is 1.55 bits per heavy atom. The van der Waals surface area contributed by atoms with E-state index in [4.69, 9.17) is 10.00 Å². The largest absolute Gasteiger partial charge is 0.494 e. The van der Waals surface area contributed by atoms with E-state index in [0.717, 1.165) is 69.7 Å². The molecule has 0 aromatic heterocycles. The Labute approximate surface area is 248 Å². The van der Waals surface area contributed by atoms with E-state index in [0.29, 0.717) is 29.7 Å². The minimum atomic E-state index is -0.464. The number of nitrogens with one attached hydrogen (secondary N) is 2. The zero-order chi connectivity index (χ0) is 29.4. The van der Waals surface area contributed by atoms with Crippen LogP contribution in [0.1, 0.15) is 70.0 Å². The van der Waals surface area contributed by atoms with Crippen molar-refractivity contribution in [2.45, 2.75) is 51.6 Å². The highest BCUT2D eigenvalue weighted by molar-refractivity contribution is 6.02. The summed E-state index contributed by atoms with van der Waals surface area (Å²) in [5.41, 5.74) is 3.78. The molecule has 2 fully saturated rings. The van der Waals surface area contributed by atoms with Gasteiger partial charge in [-0.25, -0.2) is 0 Å². The zero-order valence-corrected chi connectivity index (χ0v) is 24.4. The molecule has 0 saturated carbocycles. The predicted molar refractivity (Wildman–Crippen MR) is 164 cm³/mol. The van der Waals surface area contributed by atoms with Gasteiger partial charge >= 0.3 is 0 Å². The zero-order valence-electron chi connectivity index (χ0n) is 24.4. The number of likely N-dealkylation sites (tertiary alicyclic amines) is 1. The number of Topliss-reactive ketones (excluding diaryl/α,β-unsaturated/α-hetero) is 1. The molecule has 0 aliphatic carbocycles. The van der Waals surface area contributed by atoms with Crippen molar-refractivity contribution in [2.24, 2.45) is 5.41 Å². The second-order valence-corrected chi connectivity index (χ2v) is 11.5. The van der Waals surface area contributed by atoms with Gasteiger partial charge in [-0.2, -0.15) is 5.26 Å². The normalized spacial score (nSPS) is 17.2. The summed E-state index contributed by atoms with van der Waals surface area (Å²) in [6, 6.07) is 25.3. The maximum atomic E-state index is 13.9. The van der Waals surface area contributed by atoms with Crippen molar-refractivity contribution in [3.8, 4) is 11.8 Å². The van der Waals surface area contributed by atoms with Crippen molar-refractivity contribution < 1.29 is 14.3 Å². The Morgan fingerprint density at radius 3 is 2.17 bits per heavy atom. The standard InChI is InChI=1S/C35H40N4O3/c1-2-42-32-13-7-26(8-14-32)23-35(17-19-37-20-18-35)33(40)29-9-11-30(12-10-29)34(41)38-31-15-21-39(22-16-31)25-28-5-3-27(24-36)4-6-28/h3-14,31,37H,2,15-23,25H2,1H3,(H,38,41). The summed E-state index contributed by atoms with van der Waals surface area (Å²) in [4.78, 5) is 29.4. The van der Waals surface area contributed by atoms with Gasteiger partial charge in [-0.3, -0.25) is 14.5 Å². The number of nitrogens with zero attached hydrogens (tertiary/aromatic N) is 2. The van der Waals surface area contributed by atoms with E-state index in [1.165, 1.54) is 5.56 Å². The van der Waals surface area contributed by atoms with Gasteiger partial charge in [-0.05, 0) is 99.6 Å². The molecule has 2 N–H and O–H groups in total. The lowest BCUT2D eigenvalue weighted by atomic mass is 9.69. The molecule has 7 nitrogen and oxygen atoms in total. The second-order valence-electron chi connectivity index (χ2n) is 11.5. The van der Waals surface area contributed by atoms with E-state index in [9.17, 15) is 9.59 Å². The van der Waals surface area contributed by atoms with Crippen molar-refractivity contribution in [3.05, 3.63) is 101 Å². The van der Waals surface area contributed by atoms with Crippen molar-refractivity contribution in [2.75, 3.05) is 32.8 Å². The maximum absolute atomic E-state index is 13.9. The smallest absolute Gasteiger partial charge is 0.251 e. The van der Waals surface area contributed by atoms with E-state index >= 15 is 0 Å². The number of carbonyl (C=O) groups is 2. The van der Waals surface area contributed by atoms with Crippen LogP contribution < -0.4 is 15.4 Å². The molecule has 3 aromatic carbocycles. The predicted octanol–water partition coefficient (Wildman–Crippen LogP) is 5.15. The lowest BCUT2D eigenvalue weighted by molar-refractivity contribution is 0.0725. The number of carbonyl (C=O) groups excluding carboxylic acids is 2. The number of piperidine rings is 2. The summed E-state index contributed by atoms with van der Waals surface area (Å²) in [5, 5.41) is 15.6. The Hall–Kier alpha value is -3.99. The first-order chi connectivity index (χ1) is 20.5. The Morgan fingerprint density at radius 1 is 0.929 bits per heavy atom. The average molecular weight is 565 g/mol. The summed E-state index contributed by atoms with van der Waals surface area (Å²) >= 11 is 0. The van der Waals surface area contributed by atoms with Gasteiger partial charge in [0.25, 0.3) is 5.91 Å². The quantitative estimate of drug-likeness (QED) is 0.331. The number of ether oxygens (including phenoxy) is 1. The fourth-order valence-electron chi connectivity index (χ4n) is 6.18. The third-order valence-electron chi connectivity index (χ3n) is 8.64. The molecule has 5 rings (SSSR count). The van der Waals surface area contributed by atoms with Crippen LogP contribution in [0.25, 0.3) is 0 Å². The van der Waals surface area contributed by atoms with Crippen LogP contribution in [-0.4, -0.2) is 55.4 Å². The van der Waals surface area contributed by atoms with Gasteiger partial charge in [0, 0.05) is 42.2 Å². The molecular weight excluding hydrogens is 524 g/mol. The highest BCUT2D eigenvalue weighted by atomic mass is 16.5. The molecule has 0 unspecified atom stereocenters. The van der Waals surface area contributed by atoms with Crippen molar-refractivity contribution in [3.63, 3.8) is 0 Å². The number of hydrogen-bond donors (Lipinski definition) is 2. The molecular formula is C35H40N4O3. The van der Waals surface area contributed by atoms with E-state index in [-0.39, 0.29) is 17.7 Å². The lowest BCUT2D eigenvalue weighted by Crippen LogP contribution is -2.44. The molecule has 0 bridgehead atoms.